The molecule has 3 heterocycles. The van der Waals surface area contributed by atoms with Crippen molar-refractivity contribution >= 4 is 23.1 Å². The van der Waals surface area contributed by atoms with Crippen LogP contribution in [0, 0.1) is 18.3 Å². The second-order valence-corrected chi connectivity index (χ2v) is 8.91. The summed E-state index contributed by atoms with van der Waals surface area (Å²) in [4.78, 5) is 25.9. The third-order valence-corrected chi connectivity index (χ3v) is 6.34. The van der Waals surface area contributed by atoms with Crippen LogP contribution in [0.15, 0.2) is 60.6 Å². The molecule has 2 N–H and O–H groups in total. The fourth-order valence-corrected chi connectivity index (χ4v) is 4.16. The summed E-state index contributed by atoms with van der Waals surface area (Å²) in [6.45, 7) is 5.62. The van der Waals surface area contributed by atoms with E-state index in [9.17, 15) is 10.1 Å². The van der Waals surface area contributed by atoms with E-state index in [2.05, 4.69) is 38.6 Å². The van der Waals surface area contributed by atoms with E-state index in [0.717, 1.165) is 43.0 Å². The van der Waals surface area contributed by atoms with Gasteiger partial charge >= 0.3 is 0 Å². The first kappa shape index (κ1) is 23.3. The molecule has 3 aromatic rings. The number of carbonyl (C=O) groups excluding carboxylic acids is 1. The number of rotatable bonds is 5. The number of hydrogen-bond donors (Lipinski definition) is 2. The molecule has 1 saturated heterocycles. The van der Waals surface area contributed by atoms with Crippen molar-refractivity contribution in [1.82, 2.24) is 19.8 Å². The lowest BCUT2D eigenvalue weighted by molar-refractivity contribution is 0.0664. The third kappa shape index (κ3) is 4.85. The topological polar surface area (TPSA) is 106 Å². The Morgan fingerprint density at radius 1 is 1.14 bits per heavy atom. The molecule has 0 radical (unpaired) electrons. The molecular weight excluding hydrogens is 454 g/mol. The summed E-state index contributed by atoms with van der Waals surface area (Å²) in [6, 6.07) is 17.3. The second-order valence-electron chi connectivity index (χ2n) is 8.91. The van der Waals surface area contributed by atoms with Crippen molar-refractivity contribution in [2.45, 2.75) is 13.5 Å². The number of piperazine rings is 1. The van der Waals surface area contributed by atoms with Gasteiger partial charge < -0.3 is 25.2 Å². The number of benzene rings is 2. The Hall–Kier alpha value is -4.42. The highest BCUT2D eigenvalue weighted by Gasteiger charge is 2.23. The van der Waals surface area contributed by atoms with Crippen LogP contribution in [0.5, 0.6) is 5.75 Å². The van der Waals surface area contributed by atoms with Gasteiger partial charge in [0.25, 0.3) is 5.91 Å². The highest BCUT2D eigenvalue weighted by molar-refractivity contribution is 5.94. The number of carbonyl (C=O) groups is 1. The number of allylic oxidation sites excluding steroid dienone is 1. The Morgan fingerprint density at radius 3 is 2.61 bits per heavy atom. The number of amides is 1. The molecule has 182 valence electrons. The molecule has 0 saturated carbocycles. The molecular formula is C27H27N7O2. The van der Waals surface area contributed by atoms with E-state index >= 15 is 0 Å². The zero-order valence-corrected chi connectivity index (χ0v) is 20.3. The van der Waals surface area contributed by atoms with Gasteiger partial charge in [0.2, 0.25) is 11.8 Å². The molecule has 2 aromatic carbocycles. The Morgan fingerprint density at radius 2 is 1.89 bits per heavy atom. The Bertz CT molecular complexity index is 1330. The van der Waals surface area contributed by atoms with E-state index in [4.69, 9.17) is 4.74 Å². The maximum absolute atomic E-state index is 12.8. The molecule has 0 spiro atoms. The molecule has 5 rings (SSSR count). The van der Waals surface area contributed by atoms with Gasteiger partial charge in [-0.2, -0.15) is 5.26 Å². The van der Waals surface area contributed by atoms with Gasteiger partial charge in [-0.25, -0.2) is 9.97 Å². The van der Waals surface area contributed by atoms with Crippen molar-refractivity contribution in [2.24, 2.45) is 0 Å². The highest BCUT2D eigenvalue weighted by atomic mass is 16.5. The monoisotopic (exact) mass is 481 g/mol. The molecule has 36 heavy (non-hydrogen) atoms. The number of anilines is 2. The van der Waals surface area contributed by atoms with Gasteiger partial charge in [0.05, 0.1) is 11.4 Å². The van der Waals surface area contributed by atoms with E-state index in [1.807, 2.05) is 60.4 Å². The molecule has 1 fully saturated rings. The summed E-state index contributed by atoms with van der Waals surface area (Å²) in [5.41, 5.74) is 4.05. The second kappa shape index (κ2) is 10.1. The first-order valence-electron chi connectivity index (χ1n) is 11.8. The van der Waals surface area contributed by atoms with Crippen molar-refractivity contribution in [3.63, 3.8) is 0 Å². The minimum absolute atomic E-state index is 0.0658. The average molecular weight is 482 g/mol. The van der Waals surface area contributed by atoms with E-state index < -0.39 is 0 Å². The van der Waals surface area contributed by atoms with Crippen LogP contribution in [0.4, 0.5) is 11.6 Å². The van der Waals surface area contributed by atoms with Crippen LogP contribution in [0.2, 0.25) is 0 Å². The number of hydrogen-bond acceptors (Lipinski definition) is 8. The summed E-state index contributed by atoms with van der Waals surface area (Å²) in [6.07, 6.45) is 1.68. The number of aryl methyl sites for hydroxylation is 1. The minimum Gasteiger partial charge on any atom is -0.437 e. The van der Waals surface area contributed by atoms with Crippen molar-refractivity contribution < 1.29 is 9.53 Å². The van der Waals surface area contributed by atoms with Gasteiger partial charge in [0.15, 0.2) is 5.75 Å². The quantitative estimate of drug-likeness (QED) is 0.534. The first-order valence-corrected chi connectivity index (χ1v) is 11.8. The Kier molecular flexibility index (Phi) is 6.52. The maximum atomic E-state index is 12.8. The number of ether oxygens (including phenoxy) is 1. The number of aromatic nitrogens is 2. The molecule has 0 bridgehead atoms. The van der Waals surface area contributed by atoms with E-state index in [-0.39, 0.29) is 5.91 Å². The number of nitrogens with one attached hydrogen (secondary N) is 2. The summed E-state index contributed by atoms with van der Waals surface area (Å²) in [5, 5.41) is 16.2. The third-order valence-electron chi connectivity index (χ3n) is 6.34. The van der Waals surface area contributed by atoms with Crippen LogP contribution in [0.1, 0.15) is 27.2 Å². The van der Waals surface area contributed by atoms with Crippen LogP contribution in [0.3, 0.4) is 0 Å². The van der Waals surface area contributed by atoms with Crippen LogP contribution >= 0.6 is 0 Å². The zero-order valence-electron chi connectivity index (χ0n) is 20.3. The molecule has 1 amide bonds. The minimum atomic E-state index is 0.0658. The number of fused-ring (bicyclic) bond motifs is 1. The fraction of sp³-hybridized carbons (Fsp3) is 0.259. The molecule has 0 atom stereocenters. The smallest absolute Gasteiger partial charge is 0.253 e. The summed E-state index contributed by atoms with van der Waals surface area (Å²) < 4.78 is 5.85. The maximum Gasteiger partial charge on any atom is 0.253 e. The Labute approximate surface area is 210 Å². The lowest BCUT2D eigenvalue weighted by atomic mass is 10.1. The summed E-state index contributed by atoms with van der Waals surface area (Å²) in [7, 11) is 2.07. The number of para-hydroxylation sites is 2. The van der Waals surface area contributed by atoms with Crippen LogP contribution in [-0.4, -0.2) is 58.9 Å². The standard InChI is InChI=1S/C27H27N7O2/c1-18-16-29-27(32-24(18)21(15-28)25-31-22-5-3-4-6-23(22)36-25)30-17-19-7-9-20(10-8-19)26(35)34-13-11-33(2)12-14-34/h3-10,16,31H,11-14,17H2,1-2H3,(H,29,30,32). The SMILES string of the molecule is Cc1cnc(NCc2ccc(C(=O)N3CCN(C)CC3)cc2)nc1C(C#N)=C1Nc2ccccc2O1. The lowest BCUT2D eigenvalue weighted by Crippen LogP contribution is -2.47. The average Bonchev–Trinajstić information content (AvgIpc) is 3.33. The van der Waals surface area contributed by atoms with Crippen molar-refractivity contribution in [2.75, 3.05) is 43.9 Å². The molecule has 0 unspecified atom stereocenters. The summed E-state index contributed by atoms with van der Waals surface area (Å²) in [5.74, 6) is 1.49. The molecule has 0 aliphatic carbocycles. The van der Waals surface area contributed by atoms with Crippen LogP contribution in [0.25, 0.3) is 5.57 Å². The predicted octanol–water partition coefficient (Wildman–Crippen LogP) is 3.48. The molecule has 2 aliphatic rings. The van der Waals surface area contributed by atoms with E-state index in [0.29, 0.717) is 41.0 Å². The van der Waals surface area contributed by atoms with Crippen LogP contribution < -0.4 is 15.4 Å². The highest BCUT2D eigenvalue weighted by Crippen LogP contribution is 2.35. The molecule has 9 nitrogen and oxygen atoms in total. The van der Waals surface area contributed by atoms with E-state index in [1.165, 1.54) is 0 Å². The molecule has 2 aliphatic heterocycles. The normalized spacial score (nSPS) is 16.4. The van der Waals surface area contributed by atoms with Crippen molar-refractivity contribution in [1.29, 1.82) is 5.26 Å². The van der Waals surface area contributed by atoms with Gasteiger partial charge in [-0.3, -0.25) is 4.79 Å². The summed E-state index contributed by atoms with van der Waals surface area (Å²) >= 11 is 0. The van der Waals surface area contributed by atoms with Crippen molar-refractivity contribution in [3.05, 3.63) is 83.0 Å². The van der Waals surface area contributed by atoms with E-state index in [1.54, 1.807) is 6.20 Å². The van der Waals surface area contributed by atoms with Crippen molar-refractivity contribution in [3.8, 4) is 11.8 Å². The molecule has 1 aromatic heterocycles. The first-order chi connectivity index (χ1) is 17.5. The number of likely N-dealkylation sites (N-methyl/N-ethyl adjacent to an activating group) is 1. The van der Waals surface area contributed by atoms with Gasteiger partial charge in [-0.05, 0) is 49.4 Å². The van der Waals surface area contributed by atoms with Gasteiger partial charge in [-0.1, -0.05) is 24.3 Å². The van der Waals surface area contributed by atoms with Gasteiger partial charge in [0.1, 0.15) is 11.6 Å². The Balaban J connectivity index is 1.27. The number of nitrogens with zero attached hydrogens (tertiary/aromatic N) is 5. The van der Waals surface area contributed by atoms with Crippen LogP contribution in [-0.2, 0) is 6.54 Å². The lowest BCUT2D eigenvalue weighted by Gasteiger charge is -2.32. The zero-order chi connectivity index (χ0) is 25.1. The molecule has 9 heteroatoms. The van der Waals surface area contributed by atoms with Gasteiger partial charge in [-0.15, -0.1) is 0 Å². The fourth-order valence-electron chi connectivity index (χ4n) is 4.16. The van der Waals surface area contributed by atoms with Gasteiger partial charge in [0, 0.05) is 44.5 Å². The predicted molar refractivity (Wildman–Crippen MR) is 137 cm³/mol. The number of nitriles is 1. The largest absolute Gasteiger partial charge is 0.437 e.